The van der Waals surface area contributed by atoms with Gasteiger partial charge in [0.05, 0.1) is 12.1 Å². The number of aromatic nitrogens is 1. The average Bonchev–Trinajstić information content (AvgIpc) is 3.13. The molecule has 3 heteroatoms. The standard InChI is InChI=1S/C18H15NO2/c20-11-14-5-3-4-13-8-9-19(18(13)14)10-15-12-21-17-7-2-1-6-16(15)17/h1-9,11,15H,10,12H2. The Labute approximate surface area is 122 Å². The second-order valence-electron chi connectivity index (χ2n) is 5.42. The number of hydrogen-bond acceptors (Lipinski definition) is 2. The van der Waals surface area contributed by atoms with Crippen molar-refractivity contribution in [1.29, 1.82) is 0 Å². The van der Waals surface area contributed by atoms with E-state index in [2.05, 4.69) is 22.9 Å². The number of nitrogens with zero attached hydrogens (tertiary/aromatic N) is 1. The number of rotatable bonds is 3. The van der Waals surface area contributed by atoms with E-state index in [4.69, 9.17) is 4.74 Å². The Morgan fingerprint density at radius 1 is 1.14 bits per heavy atom. The summed E-state index contributed by atoms with van der Waals surface area (Å²) in [6.45, 7) is 1.52. The molecular formula is C18H15NO2. The van der Waals surface area contributed by atoms with Crippen LogP contribution in [0.1, 0.15) is 21.8 Å². The third-order valence-corrected chi connectivity index (χ3v) is 4.16. The minimum Gasteiger partial charge on any atom is -0.493 e. The molecule has 1 atom stereocenters. The second kappa shape index (κ2) is 4.77. The van der Waals surface area contributed by atoms with Crippen LogP contribution < -0.4 is 4.74 Å². The average molecular weight is 277 g/mol. The van der Waals surface area contributed by atoms with Crippen LogP contribution in [0.4, 0.5) is 0 Å². The highest BCUT2D eigenvalue weighted by Gasteiger charge is 2.24. The maximum absolute atomic E-state index is 11.3. The Bertz CT molecular complexity index is 819. The van der Waals surface area contributed by atoms with E-state index in [1.165, 1.54) is 5.56 Å². The Hall–Kier alpha value is -2.55. The monoisotopic (exact) mass is 277 g/mol. The number of para-hydroxylation sites is 2. The summed E-state index contributed by atoms with van der Waals surface area (Å²) in [7, 11) is 0. The molecule has 1 aliphatic heterocycles. The van der Waals surface area contributed by atoms with Crippen molar-refractivity contribution in [3.05, 3.63) is 65.9 Å². The number of benzene rings is 2. The fourth-order valence-corrected chi connectivity index (χ4v) is 3.16. The number of carbonyl (C=O) groups excluding carboxylic acids is 1. The molecule has 0 N–H and O–H groups in total. The summed E-state index contributed by atoms with van der Waals surface area (Å²) in [4.78, 5) is 11.3. The number of fused-ring (bicyclic) bond motifs is 2. The third kappa shape index (κ3) is 1.93. The molecule has 2 aromatic carbocycles. The summed E-state index contributed by atoms with van der Waals surface area (Å²) in [5.74, 6) is 1.31. The van der Waals surface area contributed by atoms with Crippen molar-refractivity contribution in [2.24, 2.45) is 0 Å². The van der Waals surface area contributed by atoms with Crippen molar-refractivity contribution in [2.75, 3.05) is 6.61 Å². The van der Waals surface area contributed by atoms with Crippen LogP contribution in [-0.4, -0.2) is 17.5 Å². The van der Waals surface area contributed by atoms with Crippen molar-refractivity contribution in [2.45, 2.75) is 12.5 Å². The summed E-state index contributed by atoms with van der Waals surface area (Å²) >= 11 is 0. The molecule has 2 heterocycles. The van der Waals surface area contributed by atoms with Gasteiger partial charge in [0.2, 0.25) is 0 Å². The fourth-order valence-electron chi connectivity index (χ4n) is 3.16. The first-order chi connectivity index (χ1) is 10.4. The molecule has 1 aliphatic rings. The molecule has 104 valence electrons. The molecule has 4 rings (SSSR count). The van der Waals surface area contributed by atoms with Crippen molar-refractivity contribution >= 4 is 17.2 Å². The van der Waals surface area contributed by atoms with Crippen molar-refractivity contribution in [3.8, 4) is 5.75 Å². The molecular weight excluding hydrogens is 262 g/mol. The third-order valence-electron chi connectivity index (χ3n) is 4.16. The van der Waals surface area contributed by atoms with Gasteiger partial charge in [-0.1, -0.05) is 30.3 Å². The first-order valence-electron chi connectivity index (χ1n) is 7.11. The Morgan fingerprint density at radius 3 is 2.95 bits per heavy atom. The molecule has 0 saturated carbocycles. The first-order valence-corrected chi connectivity index (χ1v) is 7.11. The van der Waals surface area contributed by atoms with Gasteiger partial charge in [-0.05, 0) is 18.2 Å². The maximum atomic E-state index is 11.3. The number of hydrogen-bond donors (Lipinski definition) is 0. The Balaban J connectivity index is 1.74. The van der Waals surface area contributed by atoms with Crippen LogP contribution in [0.15, 0.2) is 54.7 Å². The second-order valence-corrected chi connectivity index (χ2v) is 5.42. The molecule has 0 saturated heterocycles. The minimum atomic E-state index is 0.330. The Morgan fingerprint density at radius 2 is 2.05 bits per heavy atom. The van der Waals surface area contributed by atoms with E-state index < -0.39 is 0 Å². The largest absolute Gasteiger partial charge is 0.493 e. The van der Waals surface area contributed by atoms with Gasteiger partial charge in [0.25, 0.3) is 0 Å². The molecule has 1 unspecified atom stereocenters. The zero-order chi connectivity index (χ0) is 14.2. The summed E-state index contributed by atoms with van der Waals surface area (Å²) in [5, 5.41) is 1.10. The van der Waals surface area contributed by atoms with Gasteiger partial charge >= 0.3 is 0 Å². The van der Waals surface area contributed by atoms with Crippen molar-refractivity contribution in [1.82, 2.24) is 4.57 Å². The molecule has 0 spiro atoms. The van der Waals surface area contributed by atoms with E-state index in [0.717, 1.165) is 35.0 Å². The van der Waals surface area contributed by atoms with E-state index in [1.54, 1.807) is 0 Å². The predicted octanol–water partition coefficient (Wildman–Crippen LogP) is 3.63. The van der Waals surface area contributed by atoms with Gasteiger partial charge < -0.3 is 9.30 Å². The van der Waals surface area contributed by atoms with Crippen LogP contribution in [-0.2, 0) is 6.54 Å². The van der Waals surface area contributed by atoms with E-state index in [1.807, 2.05) is 36.4 Å². The van der Waals surface area contributed by atoms with Gasteiger partial charge in [-0.3, -0.25) is 4.79 Å². The van der Waals surface area contributed by atoms with E-state index in [-0.39, 0.29) is 0 Å². The van der Waals surface area contributed by atoms with E-state index in [0.29, 0.717) is 12.5 Å². The molecule has 0 aliphatic carbocycles. The van der Waals surface area contributed by atoms with Crippen LogP contribution in [0, 0.1) is 0 Å². The van der Waals surface area contributed by atoms with Crippen LogP contribution in [0.2, 0.25) is 0 Å². The molecule has 0 radical (unpaired) electrons. The lowest BCUT2D eigenvalue weighted by molar-refractivity contribution is 0.112. The highest BCUT2D eigenvalue weighted by atomic mass is 16.5. The predicted molar refractivity (Wildman–Crippen MR) is 82.0 cm³/mol. The zero-order valence-electron chi connectivity index (χ0n) is 11.5. The normalized spacial score (nSPS) is 16.7. The highest BCUT2D eigenvalue weighted by molar-refractivity contribution is 5.96. The molecule has 0 fully saturated rings. The van der Waals surface area contributed by atoms with Crippen LogP contribution in [0.25, 0.3) is 10.9 Å². The maximum Gasteiger partial charge on any atom is 0.152 e. The van der Waals surface area contributed by atoms with Crippen LogP contribution >= 0.6 is 0 Å². The van der Waals surface area contributed by atoms with Gasteiger partial charge in [0.1, 0.15) is 5.75 Å². The topological polar surface area (TPSA) is 31.2 Å². The lowest BCUT2D eigenvalue weighted by atomic mass is 10.0. The first kappa shape index (κ1) is 12.2. The van der Waals surface area contributed by atoms with Crippen molar-refractivity contribution in [3.63, 3.8) is 0 Å². The quantitative estimate of drug-likeness (QED) is 0.684. The molecule has 3 nitrogen and oxygen atoms in total. The summed E-state index contributed by atoms with van der Waals surface area (Å²) in [6, 6.07) is 16.1. The molecule has 0 bridgehead atoms. The molecule has 3 aromatic rings. The van der Waals surface area contributed by atoms with E-state index in [9.17, 15) is 4.79 Å². The lowest BCUT2D eigenvalue weighted by Gasteiger charge is -2.12. The zero-order valence-corrected chi connectivity index (χ0v) is 11.5. The van der Waals surface area contributed by atoms with Gasteiger partial charge in [-0.2, -0.15) is 0 Å². The highest BCUT2D eigenvalue weighted by Crippen LogP contribution is 2.35. The fraction of sp³-hybridized carbons (Fsp3) is 0.167. The number of ether oxygens (including phenoxy) is 1. The summed E-state index contributed by atoms with van der Waals surface area (Å²) < 4.78 is 7.91. The van der Waals surface area contributed by atoms with Gasteiger partial charge in [0.15, 0.2) is 6.29 Å². The van der Waals surface area contributed by atoms with Crippen LogP contribution in [0.5, 0.6) is 5.75 Å². The minimum absolute atomic E-state index is 0.330. The summed E-state index contributed by atoms with van der Waals surface area (Å²) in [5.41, 5.74) is 3.00. The smallest absolute Gasteiger partial charge is 0.152 e. The molecule has 21 heavy (non-hydrogen) atoms. The lowest BCUT2D eigenvalue weighted by Crippen LogP contribution is -2.10. The number of aldehydes is 1. The Kier molecular flexibility index (Phi) is 2.78. The van der Waals surface area contributed by atoms with E-state index >= 15 is 0 Å². The van der Waals surface area contributed by atoms with Crippen LogP contribution in [0.3, 0.4) is 0 Å². The summed E-state index contributed by atoms with van der Waals surface area (Å²) in [6.07, 6.45) is 2.98. The SMILES string of the molecule is O=Cc1cccc2ccn(CC3COc4ccccc43)c12. The van der Waals surface area contributed by atoms with Gasteiger partial charge in [-0.25, -0.2) is 0 Å². The van der Waals surface area contributed by atoms with Crippen molar-refractivity contribution < 1.29 is 9.53 Å². The molecule has 1 aromatic heterocycles. The van der Waals surface area contributed by atoms with Gasteiger partial charge in [0, 0.05) is 35.2 Å². The van der Waals surface area contributed by atoms with Gasteiger partial charge in [-0.15, -0.1) is 0 Å². The number of carbonyl (C=O) groups is 1. The molecule has 0 amide bonds.